The van der Waals surface area contributed by atoms with Gasteiger partial charge < -0.3 is 4.74 Å². The van der Waals surface area contributed by atoms with Crippen molar-refractivity contribution >= 4 is 21.1 Å². The summed E-state index contributed by atoms with van der Waals surface area (Å²) in [7, 11) is -0.289. The zero-order chi connectivity index (χ0) is 15.0. The van der Waals surface area contributed by atoms with E-state index in [4.69, 9.17) is 4.74 Å². The highest BCUT2D eigenvalue weighted by Crippen LogP contribution is 2.22. The van der Waals surface area contributed by atoms with E-state index in [2.05, 4.69) is 4.98 Å². The fourth-order valence-corrected chi connectivity index (χ4v) is 3.35. The van der Waals surface area contributed by atoms with Crippen LogP contribution < -0.4 is 4.74 Å². The maximum atomic E-state index is 11.9. The Labute approximate surface area is 124 Å². The number of pyridine rings is 1. The summed E-state index contributed by atoms with van der Waals surface area (Å²) >= 11 is 0. The predicted molar refractivity (Wildman–Crippen MR) is 80.3 cm³/mol. The molecule has 1 aliphatic rings. The number of ether oxygens (including phenoxy) is 1. The molecule has 1 fully saturated rings. The lowest BCUT2D eigenvalue weighted by Crippen LogP contribution is -2.58. The van der Waals surface area contributed by atoms with Crippen molar-refractivity contribution < 1.29 is 13.2 Å². The second-order valence-corrected chi connectivity index (χ2v) is 7.33. The fourth-order valence-electron chi connectivity index (χ4n) is 2.18. The van der Waals surface area contributed by atoms with Crippen molar-refractivity contribution in [3.05, 3.63) is 36.4 Å². The van der Waals surface area contributed by atoms with Crippen LogP contribution in [0.2, 0.25) is 0 Å². The summed E-state index contributed by atoms with van der Waals surface area (Å²) < 4.78 is 32.1. The van der Waals surface area contributed by atoms with Crippen molar-refractivity contribution in [2.75, 3.05) is 27.2 Å². The van der Waals surface area contributed by atoms with E-state index in [9.17, 15) is 8.42 Å². The number of rotatable bonds is 4. The van der Waals surface area contributed by atoms with Gasteiger partial charge in [0.05, 0.1) is 18.6 Å². The molecule has 112 valence electrons. The normalized spacial score (nSPS) is 17.1. The van der Waals surface area contributed by atoms with Crippen LogP contribution in [0.15, 0.2) is 36.4 Å². The molecule has 7 heteroatoms. The third-order valence-electron chi connectivity index (χ3n) is 3.46. The van der Waals surface area contributed by atoms with Gasteiger partial charge >= 0.3 is 0 Å². The number of hydrogen-bond donors (Lipinski definition) is 0. The van der Waals surface area contributed by atoms with Crippen LogP contribution in [0.3, 0.4) is 0 Å². The van der Waals surface area contributed by atoms with Crippen molar-refractivity contribution in [1.29, 1.82) is 0 Å². The van der Waals surface area contributed by atoms with E-state index in [-0.39, 0.29) is 6.10 Å². The van der Waals surface area contributed by atoms with Crippen LogP contribution in [0.1, 0.15) is 0 Å². The Hall–Kier alpha value is -1.70. The highest BCUT2D eigenvalue weighted by molar-refractivity contribution is 7.86. The van der Waals surface area contributed by atoms with Crippen LogP contribution >= 0.6 is 0 Å². The molecule has 21 heavy (non-hydrogen) atoms. The monoisotopic (exact) mass is 307 g/mol. The van der Waals surface area contributed by atoms with Crippen molar-refractivity contribution in [1.82, 2.24) is 13.6 Å². The minimum Gasteiger partial charge on any atom is -0.472 e. The number of hydrogen-bond acceptors (Lipinski definition) is 4. The molecule has 0 atom stereocenters. The zero-order valence-corrected chi connectivity index (χ0v) is 12.7. The summed E-state index contributed by atoms with van der Waals surface area (Å²) in [5.74, 6) is 0.528. The molecule has 0 saturated carbocycles. The van der Waals surface area contributed by atoms with Gasteiger partial charge in [0.25, 0.3) is 10.2 Å². The lowest BCUT2D eigenvalue weighted by molar-refractivity contribution is 0.0690. The molecule has 1 aromatic carbocycles. The smallest absolute Gasteiger partial charge is 0.281 e. The molecule has 0 spiro atoms. The fraction of sp³-hybridized carbons (Fsp3) is 0.357. The zero-order valence-electron chi connectivity index (χ0n) is 11.9. The van der Waals surface area contributed by atoms with Crippen LogP contribution in [0, 0.1) is 0 Å². The number of aromatic nitrogens is 1. The third kappa shape index (κ3) is 2.72. The van der Waals surface area contributed by atoms with Crippen LogP contribution in [-0.4, -0.2) is 55.3 Å². The molecule has 0 amide bonds. The van der Waals surface area contributed by atoms with Gasteiger partial charge in [0.1, 0.15) is 6.10 Å². The number of para-hydroxylation sites is 1. The molecule has 0 N–H and O–H groups in total. The third-order valence-corrected chi connectivity index (χ3v) is 5.34. The van der Waals surface area contributed by atoms with Gasteiger partial charge in [-0.2, -0.15) is 17.0 Å². The Morgan fingerprint density at radius 2 is 1.90 bits per heavy atom. The maximum absolute atomic E-state index is 11.9. The van der Waals surface area contributed by atoms with Crippen LogP contribution in [0.4, 0.5) is 0 Å². The second kappa shape index (κ2) is 5.25. The number of benzene rings is 1. The van der Waals surface area contributed by atoms with Crippen molar-refractivity contribution in [3.63, 3.8) is 0 Å². The molecular weight excluding hydrogens is 290 g/mol. The van der Waals surface area contributed by atoms with E-state index in [0.717, 1.165) is 10.9 Å². The van der Waals surface area contributed by atoms with Crippen molar-refractivity contribution in [3.8, 4) is 5.88 Å². The summed E-state index contributed by atoms with van der Waals surface area (Å²) in [6, 6.07) is 11.6. The first-order valence-electron chi connectivity index (χ1n) is 6.67. The van der Waals surface area contributed by atoms with Crippen LogP contribution in [-0.2, 0) is 10.2 Å². The van der Waals surface area contributed by atoms with Crippen molar-refractivity contribution in [2.24, 2.45) is 0 Å². The molecule has 6 nitrogen and oxygen atoms in total. The minimum atomic E-state index is -3.33. The van der Waals surface area contributed by atoms with Gasteiger partial charge in [-0.25, -0.2) is 4.98 Å². The predicted octanol–water partition coefficient (Wildman–Crippen LogP) is 1.10. The van der Waals surface area contributed by atoms with Crippen molar-refractivity contribution in [2.45, 2.75) is 6.10 Å². The van der Waals surface area contributed by atoms with E-state index >= 15 is 0 Å². The van der Waals surface area contributed by atoms with E-state index in [1.165, 1.54) is 22.7 Å². The molecule has 1 aromatic heterocycles. The summed E-state index contributed by atoms with van der Waals surface area (Å²) in [4.78, 5) is 4.42. The Bertz CT molecular complexity index is 755. The van der Waals surface area contributed by atoms with Crippen LogP contribution in [0.5, 0.6) is 5.88 Å². The van der Waals surface area contributed by atoms with Gasteiger partial charge in [0.2, 0.25) is 5.88 Å². The Kier molecular flexibility index (Phi) is 3.56. The van der Waals surface area contributed by atoms with Crippen LogP contribution in [0.25, 0.3) is 10.9 Å². The molecule has 1 saturated heterocycles. The SMILES string of the molecule is CN(C)S(=O)(=O)N1CC(Oc2ccc3ccccc3n2)C1. The number of nitrogens with zero attached hydrogens (tertiary/aromatic N) is 3. The van der Waals surface area contributed by atoms with Gasteiger partial charge in [-0.3, -0.25) is 0 Å². The molecule has 0 radical (unpaired) electrons. The largest absolute Gasteiger partial charge is 0.472 e. The summed E-state index contributed by atoms with van der Waals surface area (Å²) in [5.41, 5.74) is 0.868. The number of fused-ring (bicyclic) bond motifs is 1. The van der Waals surface area contributed by atoms with Gasteiger partial charge in [0.15, 0.2) is 0 Å². The summed E-state index contributed by atoms with van der Waals surface area (Å²) in [6.07, 6.45) is -0.145. The Balaban J connectivity index is 1.66. The quantitative estimate of drug-likeness (QED) is 0.849. The lowest BCUT2D eigenvalue weighted by Gasteiger charge is -2.38. The first kappa shape index (κ1) is 14.2. The van der Waals surface area contributed by atoms with Gasteiger partial charge in [0, 0.05) is 25.5 Å². The molecule has 1 aliphatic heterocycles. The maximum Gasteiger partial charge on any atom is 0.281 e. The van der Waals surface area contributed by atoms with E-state index in [1.54, 1.807) is 0 Å². The molecule has 0 unspecified atom stereocenters. The van der Waals surface area contributed by atoms with E-state index in [0.29, 0.717) is 19.0 Å². The van der Waals surface area contributed by atoms with Gasteiger partial charge in [-0.1, -0.05) is 18.2 Å². The average Bonchev–Trinajstić information content (AvgIpc) is 2.41. The van der Waals surface area contributed by atoms with Gasteiger partial charge in [-0.15, -0.1) is 0 Å². The Morgan fingerprint density at radius 3 is 2.62 bits per heavy atom. The average molecular weight is 307 g/mol. The first-order valence-corrected chi connectivity index (χ1v) is 8.06. The second-order valence-electron chi connectivity index (χ2n) is 5.19. The standard InChI is InChI=1S/C14H17N3O3S/c1-16(2)21(18,19)17-9-12(10-17)20-14-8-7-11-5-3-4-6-13(11)15-14/h3-8,12H,9-10H2,1-2H3. The topological polar surface area (TPSA) is 62.7 Å². The molecule has 2 aromatic rings. The van der Waals surface area contributed by atoms with E-state index in [1.807, 2.05) is 36.4 Å². The minimum absolute atomic E-state index is 0.145. The highest BCUT2D eigenvalue weighted by Gasteiger charge is 2.38. The highest BCUT2D eigenvalue weighted by atomic mass is 32.2. The molecule has 0 bridgehead atoms. The summed E-state index contributed by atoms with van der Waals surface area (Å²) in [5, 5.41) is 1.05. The molecule has 3 rings (SSSR count). The molecular formula is C14H17N3O3S. The van der Waals surface area contributed by atoms with E-state index < -0.39 is 10.2 Å². The lowest BCUT2D eigenvalue weighted by atomic mass is 10.2. The molecule has 2 heterocycles. The molecule has 0 aliphatic carbocycles. The summed E-state index contributed by atoms with van der Waals surface area (Å²) in [6.45, 7) is 0.712. The first-order chi connectivity index (χ1) is 9.96. The Morgan fingerprint density at radius 1 is 1.19 bits per heavy atom. The van der Waals surface area contributed by atoms with Gasteiger partial charge in [-0.05, 0) is 12.1 Å².